The van der Waals surface area contributed by atoms with Gasteiger partial charge in [-0.25, -0.2) is 4.90 Å². The molecule has 0 radical (unpaired) electrons. The first kappa shape index (κ1) is 20.7. The van der Waals surface area contributed by atoms with Crippen LogP contribution in [0, 0.1) is 13.8 Å². The molecule has 0 unspecified atom stereocenters. The van der Waals surface area contributed by atoms with E-state index in [9.17, 15) is 9.59 Å². The molecule has 7 heteroatoms. The normalized spacial score (nSPS) is 13.7. The lowest BCUT2D eigenvalue weighted by Crippen LogP contribution is -2.33. The van der Waals surface area contributed by atoms with Crippen LogP contribution in [0.1, 0.15) is 16.0 Å². The average Bonchev–Trinajstić information content (AvgIpc) is 3.36. The summed E-state index contributed by atoms with van der Waals surface area (Å²) in [7, 11) is 3.11. The lowest BCUT2D eigenvalue weighted by atomic mass is 10.1. The molecule has 3 aromatic rings. The van der Waals surface area contributed by atoms with Crippen LogP contribution in [0.3, 0.4) is 0 Å². The molecule has 0 spiro atoms. The first-order valence-electron chi connectivity index (χ1n) is 9.68. The van der Waals surface area contributed by atoms with Crippen molar-refractivity contribution in [3.05, 3.63) is 75.6 Å². The van der Waals surface area contributed by atoms with Crippen LogP contribution in [0.5, 0.6) is 11.5 Å². The Kier molecular flexibility index (Phi) is 5.52. The highest BCUT2D eigenvalue weighted by atomic mass is 32.1. The zero-order chi connectivity index (χ0) is 22.1. The number of thiophene rings is 1. The third kappa shape index (κ3) is 3.68. The van der Waals surface area contributed by atoms with Crippen molar-refractivity contribution in [2.75, 3.05) is 24.4 Å². The number of ether oxygens (including phenoxy) is 2. The van der Waals surface area contributed by atoms with Gasteiger partial charge in [0.05, 0.1) is 31.2 Å². The Balaban J connectivity index is 1.84. The monoisotopic (exact) mass is 434 g/mol. The molecule has 6 nitrogen and oxygen atoms in total. The molecule has 1 aliphatic rings. The fraction of sp³-hybridized carbons (Fsp3) is 0.167. The first-order valence-corrected chi connectivity index (χ1v) is 10.6. The Hall–Kier alpha value is -3.58. The van der Waals surface area contributed by atoms with Crippen LogP contribution < -0.4 is 19.7 Å². The molecule has 0 saturated carbocycles. The smallest absolute Gasteiger partial charge is 0.282 e. The second-order valence-electron chi connectivity index (χ2n) is 7.15. The number of carbonyl (C=O) groups is 2. The van der Waals surface area contributed by atoms with Crippen LogP contribution in [-0.4, -0.2) is 26.0 Å². The summed E-state index contributed by atoms with van der Waals surface area (Å²) >= 11 is 1.41. The number of hydrogen-bond donors (Lipinski definition) is 1. The third-order valence-corrected chi connectivity index (χ3v) is 6.00. The molecule has 0 bridgehead atoms. The molecule has 2 aromatic carbocycles. The van der Waals surface area contributed by atoms with Gasteiger partial charge in [0.15, 0.2) is 0 Å². The van der Waals surface area contributed by atoms with E-state index in [4.69, 9.17) is 9.47 Å². The topological polar surface area (TPSA) is 67.9 Å². The van der Waals surface area contributed by atoms with Crippen LogP contribution in [0.4, 0.5) is 11.4 Å². The molecule has 4 rings (SSSR count). The van der Waals surface area contributed by atoms with Gasteiger partial charge in [0, 0.05) is 10.9 Å². The number of rotatable bonds is 6. The van der Waals surface area contributed by atoms with Crippen LogP contribution in [0.2, 0.25) is 0 Å². The molecule has 1 aromatic heterocycles. The molecule has 0 atom stereocenters. The Morgan fingerprint density at radius 2 is 1.74 bits per heavy atom. The quantitative estimate of drug-likeness (QED) is 0.566. The number of amides is 2. The van der Waals surface area contributed by atoms with E-state index >= 15 is 0 Å². The van der Waals surface area contributed by atoms with Crippen molar-refractivity contribution in [1.82, 2.24) is 0 Å². The molecular weight excluding hydrogens is 412 g/mol. The van der Waals surface area contributed by atoms with Gasteiger partial charge in [-0.05, 0) is 49.1 Å². The largest absolute Gasteiger partial charge is 0.497 e. The minimum Gasteiger partial charge on any atom is -0.497 e. The minimum atomic E-state index is -0.412. The van der Waals surface area contributed by atoms with Crippen LogP contribution in [0.15, 0.2) is 59.6 Å². The minimum absolute atomic E-state index is 0.207. The van der Waals surface area contributed by atoms with Gasteiger partial charge in [-0.1, -0.05) is 23.8 Å². The van der Waals surface area contributed by atoms with Crippen molar-refractivity contribution in [2.45, 2.75) is 13.8 Å². The number of aryl methyl sites for hydroxylation is 2. The van der Waals surface area contributed by atoms with Gasteiger partial charge < -0.3 is 14.8 Å². The van der Waals surface area contributed by atoms with Crippen molar-refractivity contribution in [1.29, 1.82) is 0 Å². The van der Waals surface area contributed by atoms with Gasteiger partial charge in [0.2, 0.25) is 0 Å². The molecule has 1 aliphatic heterocycles. The predicted molar refractivity (Wildman–Crippen MR) is 123 cm³/mol. The number of benzene rings is 2. The molecular formula is C24H22N2O4S. The van der Waals surface area contributed by atoms with Crippen LogP contribution in [0.25, 0.3) is 5.57 Å². The Bertz CT molecular complexity index is 1200. The highest BCUT2D eigenvalue weighted by Gasteiger charge is 2.41. The fourth-order valence-corrected chi connectivity index (χ4v) is 4.38. The van der Waals surface area contributed by atoms with Gasteiger partial charge in [-0.2, -0.15) is 0 Å². The summed E-state index contributed by atoms with van der Waals surface area (Å²) < 4.78 is 10.8. The van der Waals surface area contributed by atoms with E-state index in [-0.39, 0.29) is 11.6 Å². The number of carbonyl (C=O) groups excluding carboxylic acids is 2. The molecule has 0 aliphatic carbocycles. The third-order valence-electron chi connectivity index (χ3n) is 5.11. The zero-order valence-electron chi connectivity index (χ0n) is 17.7. The summed E-state index contributed by atoms with van der Waals surface area (Å²) in [5, 5.41) is 5.03. The van der Waals surface area contributed by atoms with E-state index in [1.54, 1.807) is 32.4 Å². The summed E-state index contributed by atoms with van der Waals surface area (Å²) in [6, 6.07) is 14.6. The summed E-state index contributed by atoms with van der Waals surface area (Å²) in [6.07, 6.45) is 0. The lowest BCUT2D eigenvalue weighted by molar-refractivity contribution is -0.120. The van der Waals surface area contributed by atoms with E-state index in [0.717, 1.165) is 16.0 Å². The maximum Gasteiger partial charge on any atom is 0.282 e. The lowest BCUT2D eigenvalue weighted by Gasteiger charge is -2.18. The summed E-state index contributed by atoms with van der Waals surface area (Å²) in [6.45, 7) is 3.87. The Morgan fingerprint density at radius 3 is 2.39 bits per heavy atom. The van der Waals surface area contributed by atoms with Gasteiger partial charge >= 0.3 is 0 Å². The average molecular weight is 435 g/mol. The maximum atomic E-state index is 13.5. The summed E-state index contributed by atoms with van der Waals surface area (Å²) in [5.74, 6) is 0.364. The fourth-order valence-electron chi connectivity index (χ4n) is 3.62. The number of methoxy groups -OCH3 is 2. The van der Waals surface area contributed by atoms with E-state index in [1.807, 2.05) is 49.6 Å². The summed E-state index contributed by atoms with van der Waals surface area (Å²) in [4.78, 5) is 29.0. The van der Waals surface area contributed by atoms with Gasteiger partial charge in [-0.15, -0.1) is 11.3 Å². The van der Waals surface area contributed by atoms with Crippen molar-refractivity contribution in [3.8, 4) is 11.5 Å². The number of hydrogen-bond acceptors (Lipinski definition) is 6. The highest BCUT2D eigenvalue weighted by molar-refractivity contribution is 7.11. The van der Waals surface area contributed by atoms with Crippen molar-refractivity contribution < 1.29 is 19.1 Å². The van der Waals surface area contributed by atoms with E-state index in [1.165, 1.54) is 16.2 Å². The maximum absolute atomic E-state index is 13.5. The second-order valence-corrected chi connectivity index (χ2v) is 8.10. The van der Waals surface area contributed by atoms with Crippen molar-refractivity contribution in [2.24, 2.45) is 0 Å². The standard InChI is InChI=1S/C24H22N2O4S/c1-14-7-9-18(15(2)12-14)26-23(27)21(20-6-5-11-31-20)22(24(26)28)25-17-13-16(29-3)8-10-19(17)30-4/h5-13,25H,1-4H3. The summed E-state index contributed by atoms with van der Waals surface area (Å²) in [5.41, 5.74) is 3.57. The number of imide groups is 1. The van der Waals surface area contributed by atoms with Gasteiger partial charge in [0.1, 0.15) is 17.2 Å². The SMILES string of the molecule is COc1ccc(OC)c(NC2=C(c3cccs3)C(=O)N(c3ccc(C)cc3C)C2=O)c1. The first-order chi connectivity index (χ1) is 14.9. The van der Waals surface area contributed by atoms with E-state index in [2.05, 4.69) is 5.32 Å². The molecule has 0 saturated heterocycles. The molecule has 0 fully saturated rings. The molecule has 158 valence electrons. The Morgan fingerprint density at radius 1 is 0.935 bits per heavy atom. The van der Waals surface area contributed by atoms with Gasteiger partial charge in [0.25, 0.3) is 11.8 Å². The van der Waals surface area contributed by atoms with Crippen LogP contribution >= 0.6 is 11.3 Å². The number of anilines is 2. The highest BCUT2D eigenvalue weighted by Crippen LogP contribution is 2.38. The molecule has 2 amide bonds. The number of nitrogens with one attached hydrogen (secondary N) is 1. The Labute approximate surface area is 184 Å². The second kappa shape index (κ2) is 8.28. The molecule has 2 heterocycles. The van der Waals surface area contributed by atoms with Crippen molar-refractivity contribution in [3.63, 3.8) is 0 Å². The van der Waals surface area contributed by atoms with Crippen molar-refractivity contribution >= 4 is 40.1 Å². The predicted octanol–water partition coefficient (Wildman–Crippen LogP) is 4.78. The van der Waals surface area contributed by atoms with Gasteiger partial charge in [-0.3, -0.25) is 9.59 Å². The molecule has 31 heavy (non-hydrogen) atoms. The molecule has 1 N–H and O–H groups in total. The zero-order valence-corrected chi connectivity index (χ0v) is 18.5. The van der Waals surface area contributed by atoms with Crippen LogP contribution in [-0.2, 0) is 9.59 Å². The van der Waals surface area contributed by atoms with E-state index in [0.29, 0.717) is 28.4 Å². The number of nitrogens with zero attached hydrogens (tertiary/aromatic N) is 1. The van der Waals surface area contributed by atoms with E-state index < -0.39 is 5.91 Å².